The highest BCUT2D eigenvalue weighted by molar-refractivity contribution is 5.50. The lowest BCUT2D eigenvalue weighted by Crippen LogP contribution is -2.33. The zero-order chi connectivity index (χ0) is 17.0. The van der Waals surface area contributed by atoms with Gasteiger partial charge in [0, 0.05) is 19.2 Å². The van der Waals surface area contributed by atoms with E-state index in [1.165, 1.54) is 17.0 Å². The number of aromatic nitrogens is 1. The Morgan fingerprint density at radius 2 is 2.26 bits per heavy atom. The van der Waals surface area contributed by atoms with E-state index in [4.69, 9.17) is 5.26 Å². The number of pyridine rings is 1. The van der Waals surface area contributed by atoms with Crippen molar-refractivity contribution >= 4 is 11.5 Å². The van der Waals surface area contributed by atoms with Gasteiger partial charge in [0.2, 0.25) is 5.69 Å². The molecule has 0 bridgehead atoms. The fourth-order valence-corrected chi connectivity index (χ4v) is 2.51. The Morgan fingerprint density at radius 1 is 1.52 bits per heavy atom. The summed E-state index contributed by atoms with van der Waals surface area (Å²) < 4.78 is 37.0. The van der Waals surface area contributed by atoms with Gasteiger partial charge in [-0.2, -0.15) is 18.4 Å². The molecule has 0 aromatic carbocycles. The Bertz CT molecular complexity index is 629. The summed E-state index contributed by atoms with van der Waals surface area (Å²) in [6, 6.07) is 4.21. The van der Waals surface area contributed by atoms with Gasteiger partial charge < -0.3 is 5.32 Å². The van der Waals surface area contributed by atoms with Crippen LogP contribution in [0.4, 0.5) is 24.7 Å². The number of nitrogens with zero attached hydrogens (tertiary/aromatic N) is 4. The third kappa shape index (κ3) is 4.79. The molecule has 124 valence electrons. The maximum Gasteiger partial charge on any atom is 0.401 e. The fraction of sp³-hybridized carbons (Fsp3) is 0.538. The molecule has 2 heterocycles. The molecular formula is C13H14F3N5O2. The lowest BCUT2D eigenvalue weighted by atomic mass is 10.1. The van der Waals surface area contributed by atoms with Gasteiger partial charge in [0.25, 0.3) is 0 Å². The lowest BCUT2D eigenvalue weighted by Gasteiger charge is -2.18. The highest BCUT2D eigenvalue weighted by Gasteiger charge is 2.34. The van der Waals surface area contributed by atoms with Crippen molar-refractivity contribution in [1.29, 1.82) is 5.26 Å². The standard InChI is InChI=1S/C13H14F3N5O2/c14-13(15,16)8-20-4-3-9(7-20)6-18-12-2-1-11(21(22)23)10(5-17)19-12/h1-2,9H,3-4,6-8H2,(H,18,19). The monoisotopic (exact) mass is 329 g/mol. The summed E-state index contributed by atoms with van der Waals surface area (Å²) in [5, 5.41) is 22.5. The van der Waals surface area contributed by atoms with Crippen LogP contribution in [0.3, 0.4) is 0 Å². The fourth-order valence-electron chi connectivity index (χ4n) is 2.51. The van der Waals surface area contributed by atoms with Gasteiger partial charge in [0.05, 0.1) is 11.5 Å². The first-order valence-corrected chi connectivity index (χ1v) is 6.87. The minimum atomic E-state index is -4.20. The van der Waals surface area contributed by atoms with Crippen LogP contribution >= 0.6 is 0 Å². The summed E-state index contributed by atoms with van der Waals surface area (Å²) in [7, 11) is 0. The van der Waals surface area contributed by atoms with E-state index in [1.807, 2.05) is 0 Å². The van der Waals surface area contributed by atoms with Crippen molar-refractivity contribution in [1.82, 2.24) is 9.88 Å². The number of rotatable bonds is 5. The van der Waals surface area contributed by atoms with Crippen molar-refractivity contribution < 1.29 is 18.1 Å². The number of nitro groups is 1. The molecule has 1 unspecified atom stereocenters. The Hall–Kier alpha value is -2.41. The summed E-state index contributed by atoms with van der Waals surface area (Å²) in [4.78, 5) is 15.2. The molecule has 23 heavy (non-hydrogen) atoms. The second-order valence-corrected chi connectivity index (χ2v) is 5.32. The predicted octanol–water partition coefficient (Wildman–Crippen LogP) is 2.16. The minimum Gasteiger partial charge on any atom is -0.370 e. The van der Waals surface area contributed by atoms with Gasteiger partial charge in [-0.25, -0.2) is 4.98 Å². The Balaban J connectivity index is 1.90. The first kappa shape index (κ1) is 17.0. The van der Waals surface area contributed by atoms with Gasteiger partial charge in [0.1, 0.15) is 11.9 Å². The largest absolute Gasteiger partial charge is 0.401 e. The Morgan fingerprint density at radius 3 is 2.87 bits per heavy atom. The van der Waals surface area contributed by atoms with Crippen LogP contribution < -0.4 is 5.32 Å². The number of halogens is 3. The van der Waals surface area contributed by atoms with Gasteiger partial charge >= 0.3 is 11.9 Å². The molecule has 1 saturated heterocycles. The second kappa shape index (κ2) is 6.78. The highest BCUT2D eigenvalue weighted by atomic mass is 19.4. The number of nitrogens with one attached hydrogen (secondary N) is 1. The maximum atomic E-state index is 12.3. The normalized spacial score (nSPS) is 18.6. The van der Waals surface area contributed by atoms with Crippen LogP contribution in [0.25, 0.3) is 0 Å². The van der Waals surface area contributed by atoms with Crippen molar-refractivity contribution in [3.8, 4) is 6.07 Å². The molecule has 0 amide bonds. The van der Waals surface area contributed by atoms with Crippen molar-refractivity contribution in [2.75, 3.05) is 31.5 Å². The molecule has 1 N–H and O–H groups in total. The molecule has 0 aliphatic carbocycles. The van der Waals surface area contributed by atoms with E-state index in [2.05, 4.69) is 10.3 Å². The van der Waals surface area contributed by atoms with Crippen LogP contribution in [0, 0.1) is 27.4 Å². The van der Waals surface area contributed by atoms with Gasteiger partial charge in [-0.15, -0.1) is 0 Å². The first-order valence-electron chi connectivity index (χ1n) is 6.87. The maximum absolute atomic E-state index is 12.3. The average molecular weight is 329 g/mol. The lowest BCUT2D eigenvalue weighted by molar-refractivity contribution is -0.385. The van der Waals surface area contributed by atoms with Crippen LogP contribution in [-0.2, 0) is 0 Å². The Labute approximate surface area is 129 Å². The molecule has 1 aromatic rings. The summed E-state index contributed by atoms with van der Waals surface area (Å²) >= 11 is 0. The number of alkyl halides is 3. The Kier molecular flexibility index (Phi) is 5.00. The van der Waals surface area contributed by atoms with Gasteiger partial charge in [-0.05, 0) is 24.9 Å². The van der Waals surface area contributed by atoms with E-state index in [0.717, 1.165) is 0 Å². The first-order chi connectivity index (χ1) is 10.8. The number of nitriles is 1. The molecular weight excluding hydrogens is 315 g/mol. The van der Waals surface area contributed by atoms with Gasteiger partial charge in [-0.1, -0.05) is 0 Å². The van der Waals surface area contributed by atoms with Crippen LogP contribution in [-0.4, -0.2) is 47.2 Å². The van der Waals surface area contributed by atoms with Gasteiger partial charge in [-0.3, -0.25) is 15.0 Å². The van der Waals surface area contributed by atoms with Crippen LogP contribution in [0.1, 0.15) is 12.1 Å². The van der Waals surface area contributed by atoms with E-state index >= 15 is 0 Å². The van der Waals surface area contributed by atoms with Crippen molar-refractivity contribution in [3.05, 3.63) is 27.9 Å². The molecule has 1 fully saturated rings. The van der Waals surface area contributed by atoms with Crippen LogP contribution in [0.5, 0.6) is 0 Å². The second-order valence-electron chi connectivity index (χ2n) is 5.32. The van der Waals surface area contributed by atoms with E-state index < -0.39 is 17.6 Å². The van der Waals surface area contributed by atoms with Crippen molar-refractivity contribution in [2.45, 2.75) is 12.6 Å². The molecule has 0 radical (unpaired) electrons. The minimum absolute atomic E-state index is 0.0277. The highest BCUT2D eigenvalue weighted by Crippen LogP contribution is 2.23. The molecule has 0 saturated carbocycles. The molecule has 10 heteroatoms. The third-order valence-corrected chi connectivity index (χ3v) is 3.52. The molecule has 7 nitrogen and oxygen atoms in total. The van der Waals surface area contributed by atoms with E-state index in [-0.39, 0.29) is 17.3 Å². The average Bonchev–Trinajstić information content (AvgIpc) is 2.90. The summed E-state index contributed by atoms with van der Waals surface area (Å²) in [5.74, 6) is 0.321. The quantitative estimate of drug-likeness (QED) is 0.657. The van der Waals surface area contributed by atoms with Crippen LogP contribution in [0.15, 0.2) is 12.1 Å². The van der Waals surface area contributed by atoms with Gasteiger partial charge in [0.15, 0.2) is 0 Å². The number of likely N-dealkylation sites (tertiary alicyclic amines) is 1. The number of hydrogen-bond acceptors (Lipinski definition) is 6. The molecule has 1 atom stereocenters. The molecule has 2 rings (SSSR count). The predicted molar refractivity (Wildman–Crippen MR) is 74.7 cm³/mol. The molecule has 1 aromatic heterocycles. The summed E-state index contributed by atoms with van der Waals surface area (Å²) in [6.45, 7) is 0.176. The van der Waals surface area contributed by atoms with Crippen LogP contribution in [0.2, 0.25) is 0 Å². The van der Waals surface area contributed by atoms with E-state index in [9.17, 15) is 23.3 Å². The number of hydrogen-bond donors (Lipinski definition) is 1. The topological polar surface area (TPSA) is 95.1 Å². The van der Waals surface area contributed by atoms with Crippen molar-refractivity contribution in [2.24, 2.45) is 5.92 Å². The zero-order valence-electron chi connectivity index (χ0n) is 12.0. The van der Waals surface area contributed by atoms with Crippen molar-refractivity contribution in [3.63, 3.8) is 0 Å². The SMILES string of the molecule is N#Cc1nc(NCC2CCN(CC(F)(F)F)C2)ccc1[N+](=O)[O-]. The zero-order valence-corrected chi connectivity index (χ0v) is 12.0. The smallest absolute Gasteiger partial charge is 0.370 e. The summed E-state index contributed by atoms with van der Waals surface area (Å²) in [5.41, 5.74) is -0.680. The number of anilines is 1. The van der Waals surface area contributed by atoms with E-state index in [1.54, 1.807) is 6.07 Å². The molecule has 0 spiro atoms. The summed E-state index contributed by atoms with van der Waals surface area (Å²) in [6.07, 6.45) is -3.58. The molecule has 1 aliphatic heterocycles. The third-order valence-electron chi connectivity index (χ3n) is 3.52. The van der Waals surface area contributed by atoms with E-state index in [0.29, 0.717) is 31.9 Å². The molecule has 1 aliphatic rings.